The van der Waals surface area contributed by atoms with Gasteiger partial charge in [-0.05, 0) is 44.8 Å². The van der Waals surface area contributed by atoms with E-state index in [1.54, 1.807) is 6.07 Å². The summed E-state index contributed by atoms with van der Waals surface area (Å²) in [6, 6.07) is 3.44. The molecule has 0 aliphatic carbocycles. The van der Waals surface area contributed by atoms with Gasteiger partial charge in [-0.3, -0.25) is 10.1 Å². The van der Waals surface area contributed by atoms with Gasteiger partial charge in [0.15, 0.2) is 0 Å². The highest BCUT2D eigenvalue weighted by molar-refractivity contribution is 5.40. The summed E-state index contributed by atoms with van der Waals surface area (Å²) in [5, 5.41) is 17.2. The normalized spacial score (nSPS) is 21.3. The first-order valence-corrected chi connectivity index (χ1v) is 6.24. The SMILES string of the molecule is CC(Nc1ccc([N+](=O)[O-])cn1)C1CCCNC1. The molecule has 98 valence electrons. The largest absolute Gasteiger partial charge is 0.367 e. The number of piperidine rings is 1. The molecule has 1 aromatic rings. The van der Waals surface area contributed by atoms with Gasteiger partial charge in [0, 0.05) is 12.1 Å². The summed E-state index contributed by atoms with van der Waals surface area (Å²) in [5.74, 6) is 1.27. The monoisotopic (exact) mass is 250 g/mol. The zero-order chi connectivity index (χ0) is 13.0. The summed E-state index contributed by atoms with van der Waals surface area (Å²) in [6.45, 7) is 4.24. The Morgan fingerprint density at radius 1 is 1.61 bits per heavy atom. The molecule has 0 saturated carbocycles. The van der Waals surface area contributed by atoms with E-state index in [2.05, 4.69) is 22.5 Å². The van der Waals surface area contributed by atoms with Crippen molar-refractivity contribution in [1.29, 1.82) is 0 Å². The number of anilines is 1. The van der Waals surface area contributed by atoms with Crippen LogP contribution < -0.4 is 10.6 Å². The van der Waals surface area contributed by atoms with Gasteiger partial charge >= 0.3 is 0 Å². The Morgan fingerprint density at radius 3 is 3.00 bits per heavy atom. The number of nitrogens with zero attached hydrogens (tertiary/aromatic N) is 2. The fourth-order valence-electron chi connectivity index (χ4n) is 2.24. The molecule has 6 heteroatoms. The second kappa shape index (κ2) is 5.77. The minimum absolute atomic E-state index is 0.0209. The Bertz CT molecular complexity index is 401. The second-order valence-electron chi connectivity index (χ2n) is 4.70. The second-order valence-corrected chi connectivity index (χ2v) is 4.70. The first-order chi connectivity index (χ1) is 8.66. The summed E-state index contributed by atoms with van der Waals surface area (Å²) in [6.07, 6.45) is 3.69. The Morgan fingerprint density at radius 2 is 2.44 bits per heavy atom. The molecule has 6 nitrogen and oxygen atoms in total. The summed E-state index contributed by atoms with van der Waals surface area (Å²) in [4.78, 5) is 14.1. The molecule has 2 rings (SSSR count). The number of rotatable bonds is 4. The molecule has 1 aliphatic rings. The van der Waals surface area contributed by atoms with Crippen molar-refractivity contribution in [1.82, 2.24) is 10.3 Å². The maximum atomic E-state index is 10.5. The molecular formula is C12H18N4O2. The van der Waals surface area contributed by atoms with Crippen LogP contribution in [0.4, 0.5) is 11.5 Å². The van der Waals surface area contributed by atoms with Gasteiger partial charge in [-0.15, -0.1) is 0 Å². The van der Waals surface area contributed by atoms with Gasteiger partial charge in [0.05, 0.1) is 4.92 Å². The Hall–Kier alpha value is -1.69. The van der Waals surface area contributed by atoms with E-state index in [1.165, 1.54) is 25.1 Å². The lowest BCUT2D eigenvalue weighted by Crippen LogP contribution is -2.38. The molecule has 2 heterocycles. The van der Waals surface area contributed by atoms with Crippen molar-refractivity contribution in [3.05, 3.63) is 28.4 Å². The third kappa shape index (κ3) is 3.16. The zero-order valence-corrected chi connectivity index (χ0v) is 10.4. The lowest BCUT2D eigenvalue weighted by Gasteiger charge is -2.29. The Balaban J connectivity index is 1.93. The highest BCUT2D eigenvalue weighted by Gasteiger charge is 2.20. The van der Waals surface area contributed by atoms with Crippen LogP contribution in [0.2, 0.25) is 0 Å². The quantitative estimate of drug-likeness (QED) is 0.629. The number of hydrogen-bond acceptors (Lipinski definition) is 5. The van der Waals surface area contributed by atoms with Crippen molar-refractivity contribution in [2.24, 2.45) is 5.92 Å². The van der Waals surface area contributed by atoms with Crippen molar-refractivity contribution in [3.8, 4) is 0 Å². The van der Waals surface area contributed by atoms with E-state index in [9.17, 15) is 10.1 Å². The average Bonchev–Trinajstić information content (AvgIpc) is 2.40. The number of nitrogens with one attached hydrogen (secondary N) is 2. The first kappa shape index (κ1) is 12.8. The average molecular weight is 250 g/mol. The third-order valence-corrected chi connectivity index (χ3v) is 3.38. The van der Waals surface area contributed by atoms with E-state index in [0.717, 1.165) is 13.1 Å². The summed E-state index contributed by atoms with van der Waals surface area (Å²) >= 11 is 0. The van der Waals surface area contributed by atoms with Crippen molar-refractivity contribution in [3.63, 3.8) is 0 Å². The van der Waals surface area contributed by atoms with E-state index in [-0.39, 0.29) is 5.69 Å². The molecule has 2 atom stereocenters. The number of nitro groups is 1. The Kier molecular flexibility index (Phi) is 4.09. The van der Waals surface area contributed by atoms with E-state index in [4.69, 9.17) is 0 Å². The van der Waals surface area contributed by atoms with Crippen LogP contribution in [0, 0.1) is 16.0 Å². The summed E-state index contributed by atoms with van der Waals surface area (Å²) < 4.78 is 0. The van der Waals surface area contributed by atoms with Crippen LogP contribution in [0.25, 0.3) is 0 Å². The molecule has 18 heavy (non-hydrogen) atoms. The van der Waals surface area contributed by atoms with Crippen molar-refractivity contribution in [2.75, 3.05) is 18.4 Å². The molecule has 0 radical (unpaired) electrons. The summed E-state index contributed by atoms with van der Waals surface area (Å²) in [7, 11) is 0. The van der Waals surface area contributed by atoms with Crippen molar-refractivity contribution >= 4 is 11.5 Å². The molecule has 0 aromatic carbocycles. The predicted molar refractivity (Wildman–Crippen MR) is 69.6 cm³/mol. The van der Waals surface area contributed by atoms with E-state index >= 15 is 0 Å². The van der Waals surface area contributed by atoms with Crippen LogP contribution in [0.1, 0.15) is 19.8 Å². The zero-order valence-electron chi connectivity index (χ0n) is 10.4. The van der Waals surface area contributed by atoms with Crippen LogP contribution in [-0.4, -0.2) is 29.0 Å². The van der Waals surface area contributed by atoms with Crippen LogP contribution >= 0.6 is 0 Å². The van der Waals surface area contributed by atoms with Crippen LogP contribution in [-0.2, 0) is 0 Å². The number of aromatic nitrogens is 1. The third-order valence-electron chi connectivity index (χ3n) is 3.38. The Labute approximate surface area is 106 Å². The fraction of sp³-hybridized carbons (Fsp3) is 0.583. The minimum Gasteiger partial charge on any atom is -0.367 e. The number of pyridine rings is 1. The maximum absolute atomic E-state index is 10.5. The number of hydrogen-bond donors (Lipinski definition) is 2. The molecule has 2 N–H and O–H groups in total. The predicted octanol–water partition coefficient (Wildman–Crippen LogP) is 1.79. The van der Waals surface area contributed by atoms with Gasteiger partial charge in [0.1, 0.15) is 12.0 Å². The fourth-order valence-corrected chi connectivity index (χ4v) is 2.24. The summed E-state index contributed by atoms with van der Waals surface area (Å²) in [5.41, 5.74) is 0.0209. The molecule has 1 fully saturated rings. The smallest absolute Gasteiger partial charge is 0.287 e. The van der Waals surface area contributed by atoms with E-state index in [1.807, 2.05) is 0 Å². The van der Waals surface area contributed by atoms with Crippen LogP contribution in [0.5, 0.6) is 0 Å². The molecule has 1 saturated heterocycles. The van der Waals surface area contributed by atoms with Crippen molar-refractivity contribution < 1.29 is 4.92 Å². The highest BCUT2D eigenvalue weighted by atomic mass is 16.6. The topological polar surface area (TPSA) is 80.1 Å². The molecule has 0 spiro atoms. The van der Waals surface area contributed by atoms with Gasteiger partial charge in [-0.2, -0.15) is 0 Å². The van der Waals surface area contributed by atoms with E-state index in [0.29, 0.717) is 17.8 Å². The first-order valence-electron chi connectivity index (χ1n) is 6.24. The van der Waals surface area contributed by atoms with Gasteiger partial charge in [0.2, 0.25) is 0 Å². The van der Waals surface area contributed by atoms with E-state index < -0.39 is 4.92 Å². The standard InChI is InChI=1S/C12H18N4O2/c1-9(10-3-2-6-13-7-10)15-12-5-4-11(8-14-12)16(17)18/h4-5,8-10,13H,2-3,6-7H2,1H3,(H,14,15). The molecule has 1 aliphatic heterocycles. The van der Waals surface area contributed by atoms with Crippen molar-refractivity contribution in [2.45, 2.75) is 25.8 Å². The van der Waals surface area contributed by atoms with Crippen LogP contribution in [0.3, 0.4) is 0 Å². The van der Waals surface area contributed by atoms with Gasteiger partial charge < -0.3 is 10.6 Å². The highest BCUT2D eigenvalue weighted by Crippen LogP contribution is 2.18. The van der Waals surface area contributed by atoms with Crippen LogP contribution in [0.15, 0.2) is 18.3 Å². The maximum Gasteiger partial charge on any atom is 0.287 e. The molecule has 1 aromatic heterocycles. The van der Waals surface area contributed by atoms with Gasteiger partial charge in [-0.25, -0.2) is 4.98 Å². The lowest BCUT2D eigenvalue weighted by atomic mass is 9.93. The lowest BCUT2D eigenvalue weighted by molar-refractivity contribution is -0.385. The molecular weight excluding hydrogens is 232 g/mol. The van der Waals surface area contributed by atoms with Gasteiger partial charge in [0.25, 0.3) is 5.69 Å². The van der Waals surface area contributed by atoms with Gasteiger partial charge in [-0.1, -0.05) is 0 Å². The minimum atomic E-state index is -0.439. The molecule has 0 bridgehead atoms. The molecule has 2 unspecified atom stereocenters. The molecule has 0 amide bonds.